The normalized spacial score (nSPS) is 14.7. The van der Waals surface area contributed by atoms with Crippen LogP contribution in [0.5, 0.6) is 5.75 Å². The number of hydrogen-bond donors (Lipinski definition) is 0. The SMILES string of the molecule is Cc1cccc2c1OCC=C2C(C)C. The Bertz CT molecular complexity index is 375. The van der Waals surface area contributed by atoms with Crippen LogP contribution in [0.25, 0.3) is 5.57 Å². The van der Waals surface area contributed by atoms with Gasteiger partial charge in [-0.05, 0) is 30.1 Å². The lowest BCUT2D eigenvalue weighted by Crippen LogP contribution is -2.08. The molecule has 1 heteroatoms. The fourth-order valence-electron chi connectivity index (χ4n) is 1.94. The molecule has 0 N–H and O–H groups in total. The van der Waals surface area contributed by atoms with Crippen LogP contribution in [0.15, 0.2) is 24.3 Å². The number of ether oxygens (including phenoxy) is 1. The van der Waals surface area contributed by atoms with E-state index in [1.54, 1.807) is 0 Å². The summed E-state index contributed by atoms with van der Waals surface area (Å²) in [5.41, 5.74) is 3.91. The van der Waals surface area contributed by atoms with Crippen LogP contribution in [-0.4, -0.2) is 6.61 Å². The molecule has 0 radical (unpaired) electrons. The van der Waals surface area contributed by atoms with Crippen LogP contribution in [0.2, 0.25) is 0 Å². The van der Waals surface area contributed by atoms with Gasteiger partial charge < -0.3 is 4.74 Å². The summed E-state index contributed by atoms with van der Waals surface area (Å²) in [6, 6.07) is 6.34. The van der Waals surface area contributed by atoms with Gasteiger partial charge in [-0.3, -0.25) is 0 Å². The number of benzene rings is 1. The Morgan fingerprint density at radius 3 is 2.79 bits per heavy atom. The Kier molecular flexibility index (Phi) is 2.32. The first-order valence-electron chi connectivity index (χ1n) is 5.13. The van der Waals surface area contributed by atoms with Crippen molar-refractivity contribution in [1.82, 2.24) is 0 Å². The minimum atomic E-state index is 0.569. The van der Waals surface area contributed by atoms with Gasteiger partial charge in [0.2, 0.25) is 0 Å². The standard InChI is InChI=1S/C13H16O/c1-9(2)11-7-8-14-13-10(3)5-4-6-12(11)13/h4-7,9H,8H2,1-3H3. The molecule has 1 heterocycles. The van der Waals surface area contributed by atoms with E-state index in [9.17, 15) is 0 Å². The maximum Gasteiger partial charge on any atom is 0.130 e. The van der Waals surface area contributed by atoms with Gasteiger partial charge in [0.1, 0.15) is 12.4 Å². The van der Waals surface area contributed by atoms with Crippen molar-refractivity contribution in [3.63, 3.8) is 0 Å². The highest BCUT2D eigenvalue weighted by Crippen LogP contribution is 2.36. The molecule has 1 aromatic rings. The second-order valence-corrected chi connectivity index (χ2v) is 4.08. The molecule has 1 nitrogen and oxygen atoms in total. The van der Waals surface area contributed by atoms with Crippen molar-refractivity contribution in [1.29, 1.82) is 0 Å². The van der Waals surface area contributed by atoms with Crippen molar-refractivity contribution >= 4 is 5.57 Å². The molecule has 0 atom stereocenters. The van der Waals surface area contributed by atoms with Crippen LogP contribution < -0.4 is 4.74 Å². The number of aryl methyl sites for hydroxylation is 1. The van der Waals surface area contributed by atoms with Gasteiger partial charge in [0.15, 0.2) is 0 Å². The lowest BCUT2D eigenvalue weighted by molar-refractivity contribution is 0.353. The maximum atomic E-state index is 5.66. The van der Waals surface area contributed by atoms with E-state index in [1.807, 2.05) is 0 Å². The van der Waals surface area contributed by atoms with Gasteiger partial charge in [0, 0.05) is 5.56 Å². The molecule has 0 aromatic heterocycles. The fourth-order valence-corrected chi connectivity index (χ4v) is 1.94. The summed E-state index contributed by atoms with van der Waals surface area (Å²) in [5, 5.41) is 0. The molecule has 0 unspecified atom stereocenters. The third-order valence-corrected chi connectivity index (χ3v) is 2.68. The molecule has 0 bridgehead atoms. The zero-order valence-electron chi connectivity index (χ0n) is 9.00. The van der Waals surface area contributed by atoms with Gasteiger partial charge in [-0.1, -0.05) is 32.0 Å². The first-order valence-corrected chi connectivity index (χ1v) is 5.13. The van der Waals surface area contributed by atoms with Crippen molar-refractivity contribution in [3.05, 3.63) is 35.4 Å². The Labute approximate surface area is 85.4 Å². The Balaban J connectivity index is 2.54. The summed E-state index contributed by atoms with van der Waals surface area (Å²) in [4.78, 5) is 0. The van der Waals surface area contributed by atoms with Crippen molar-refractivity contribution in [2.24, 2.45) is 5.92 Å². The molecule has 1 aliphatic heterocycles. The van der Waals surface area contributed by atoms with Crippen molar-refractivity contribution in [2.45, 2.75) is 20.8 Å². The maximum absolute atomic E-state index is 5.66. The number of para-hydroxylation sites is 1. The van der Waals surface area contributed by atoms with E-state index in [0.717, 1.165) is 5.75 Å². The first kappa shape index (κ1) is 9.32. The van der Waals surface area contributed by atoms with Crippen LogP contribution in [0.3, 0.4) is 0 Å². The number of allylic oxidation sites excluding steroid dienone is 1. The summed E-state index contributed by atoms with van der Waals surface area (Å²) < 4.78 is 5.66. The molecule has 0 spiro atoms. The lowest BCUT2D eigenvalue weighted by Gasteiger charge is -2.22. The quantitative estimate of drug-likeness (QED) is 0.656. The van der Waals surface area contributed by atoms with Crippen LogP contribution in [0.4, 0.5) is 0 Å². The summed E-state index contributed by atoms with van der Waals surface area (Å²) in [7, 11) is 0. The summed E-state index contributed by atoms with van der Waals surface area (Å²) >= 11 is 0. The highest BCUT2D eigenvalue weighted by molar-refractivity contribution is 5.74. The van der Waals surface area contributed by atoms with Crippen LogP contribution in [0, 0.1) is 12.8 Å². The fraction of sp³-hybridized carbons (Fsp3) is 0.385. The number of fused-ring (bicyclic) bond motifs is 1. The smallest absolute Gasteiger partial charge is 0.130 e. The van der Waals surface area contributed by atoms with Crippen LogP contribution in [0.1, 0.15) is 25.0 Å². The Morgan fingerprint density at radius 1 is 1.29 bits per heavy atom. The highest BCUT2D eigenvalue weighted by Gasteiger charge is 2.16. The van der Waals surface area contributed by atoms with Crippen molar-refractivity contribution < 1.29 is 4.74 Å². The molecule has 0 saturated carbocycles. The van der Waals surface area contributed by atoms with E-state index < -0.39 is 0 Å². The lowest BCUT2D eigenvalue weighted by atomic mass is 9.92. The van der Waals surface area contributed by atoms with Crippen LogP contribution in [-0.2, 0) is 0 Å². The van der Waals surface area contributed by atoms with Gasteiger partial charge in [-0.25, -0.2) is 0 Å². The second kappa shape index (κ2) is 3.49. The third kappa shape index (κ3) is 1.43. The Morgan fingerprint density at radius 2 is 2.07 bits per heavy atom. The van der Waals surface area contributed by atoms with Crippen molar-refractivity contribution in [2.75, 3.05) is 6.61 Å². The second-order valence-electron chi connectivity index (χ2n) is 4.08. The molecule has 0 amide bonds. The topological polar surface area (TPSA) is 9.23 Å². The molecule has 14 heavy (non-hydrogen) atoms. The van der Waals surface area contributed by atoms with Gasteiger partial charge in [-0.2, -0.15) is 0 Å². The number of hydrogen-bond acceptors (Lipinski definition) is 1. The van der Waals surface area contributed by atoms with E-state index in [2.05, 4.69) is 45.0 Å². The predicted molar refractivity (Wildman–Crippen MR) is 59.5 cm³/mol. The summed E-state index contributed by atoms with van der Waals surface area (Å²) in [6.07, 6.45) is 2.19. The van der Waals surface area contributed by atoms with E-state index >= 15 is 0 Å². The van der Waals surface area contributed by atoms with Gasteiger partial charge >= 0.3 is 0 Å². The summed E-state index contributed by atoms with van der Waals surface area (Å²) in [6.45, 7) is 7.26. The largest absolute Gasteiger partial charge is 0.489 e. The van der Waals surface area contributed by atoms with E-state index in [1.165, 1.54) is 16.7 Å². The molecule has 74 valence electrons. The average Bonchev–Trinajstić information content (AvgIpc) is 2.17. The Hall–Kier alpha value is -1.24. The summed E-state index contributed by atoms with van der Waals surface area (Å²) in [5.74, 6) is 1.64. The molecule has 1 aliphatic rings. The molecular weight excluding hydrogens is 172 g/mol. The van der Waals surface area contributed by atoms with Gasteiger partial charge in [-0.15, -0.1) is 0 Å². The average molecular weight is 188 g/mol. The molecule has 0 aliphatic carbocycles. The zero-order chi connectivity index (χ0) is 10.1. The third-order valence-electron chi connectivity index (χ3n) is 2.68. The van der Waals surface area contributed by atoms with Gasteiger partial charge in [0.25, 0.3) is 0 Å². The predicted octanol–water partition coefficient (Wildman–Crippen LogP) is 3.43. The molecule has 2 rings (SSSR count). The molecule has 0 saturated heterocycles. The van der Waals surface area contributed by atoms with E-state index in [4.69, 9.17) is 4.74 Å². The molecular formula is C13H16O. The minimum Gasteiger partial charge on any atom is -0.489 e. The number of rotatable bonds is 1. The van der Waals surface area contributed by atoms with E-state index in [-0.39, 0.29) is 0 Å². The van der Waals surface area contributed by atoms with Crippen molar-refractivity contribution in [3.8, 4) is 5.75 Å². The monoisotopic (exact) mass is 188 g/mol. The van der Waals surface area contributed by atoms with E-state index in [0.29, 0.717) is 12.5 Å². The zero-order valence-corrected chi connectivity index (χ0v) is 9.00. The van der Waals surface area contributed by atoms with Gasteiger partial charge in [0.05, 0.1) is 0 Å². The highest BCUT2D eigenvalue weighted by atomic mass is 16.5. The van der Waals surface area contributed by atoms with Crippen LogP contribution >= 0.6 is 0 Å². The minimum absolute atomic E-state index is 0.569. The molecule has 1 aromatic carbocycles. The molecule has 0 fully saturated rings. The first-order chi connectivity index (χ1) is 6.70.